The van der Waals surface area contributed by atoms with E-state index in [4.69, 9.17) is 15.2 Å². The number of amides is 1. The van der Waals surface area contributed by atoms with Crippen molar-refractivity contribution in [3.05, 3.63) is 65.9 Å². The van der Waals surface area contributed by atoms with E-state index in [1.165, 1.54) is 6.33 Å². The van der Waals surface area contributed by atoms with E-state index < -0.39 is 0 Å². The summed E-state index contributed by atoms with van der Waals surface area (Å²) >= 11 is 0. The number of ether oxygens (including phenoxy) is 2. The molecule has 1 unspecified atom stereocenters. The summed E-state index contributed by atoms with van der Waals surface area (Å²) in [6, 6.07) is 9.45. The number of nitrogens with two attached hydrogens (primary N) is 1. The van der Waals surface area contributed by atoms with Crippen LogP contribution in [0.25, 0.3) is 11.1 Å². The molecule has 160 valence electrons. The lowest BCUT2D eigenvalue weighted by atomic mass is 10.0. The molecule has 0 radical (unpaired) electrons. The van der Waals surface area contributed by atoms with Gasteiger partial charge >= 0.3 is 0 Å². The smallest absolute Gasteiger partial charge is 0.227 e. The van der Waals surface area contributed by atoms with Gasteiger partial charge in [0.25, 0.3) is 0 Å². The molecule has 2 aromatic heterocycles. The van der Waals surface area contributed by atoms with Gasteiger partial charge in [-0.2, -0.15) is 0 Å². The summed E-state index contributed by atoms with van der Waals surface area (Å²) in [7, 11) is 1.64. The highest BCUT2D eigenvalue weighted by molar-refractivity contribution is 5.79. The zero-order chi connectivity index (χ0) is 21.8. The van der Waals surface area contributed by atoms with Gasteiger partial charge in [0.05, 0.1) is 32.4 Å². The highest BCUT2D eigenvalue weighted by Crippen LogP contribution is 2.30. The van der Waals surface area contributed by atoms with Crippen molar-refractivity contribution in [2.75, 3.05) is 32.5 Å². The Balaban J connectivity index is 1.52. The van der Waals surface area contributed by atoms with Crippen LogP contribution in [0.2, 0.25) is 0 Å². The number of morpholine rings is 1. The lowest BCUT2D eigenvalue weighted by molar-refractivity contribution is -0.138. The van der Waals surface area contributed by atoms with Gasteiger partial charge < -0.3 is 20.1 Å². The van der Waals surface area contributed by atoms with Gasteiger partial charge in [-0.1, -0.05) is 12.1 Å². The third kappa shape index (κ3) is 4.64. The number of rotatable bonds is 5. The van der Waals surface area contributed by atoms with Crippen LogP contribution in [0, 0.1) is 6.92 Å². The second kappa shape index (κ2) is 9.09. The Labute approximate surface area is 181 Å². The third-order valence-corrected chi connectivity index (χ3v) is 5.37. The lowest BCUT2D eigenvalue weighted by Crippen LogP contribution is -2.43. The molecular weight excluding hydrogens is 394 g/mol. The number of nitrogen functional groups attached to an aromatic ring is 1. The molecule has 1 amide bonds. The molecular formula is C23H25N5O3. The molecule has 4 rings (SSSR count). The SMILES string of the molecule is COc1ccc(CC(=O)N2CCOC(c3ncncc3-c3ccnc(N)c3)C2)cc1C. The Bertz CT molecular complexity index is 1090. The first-order chi connectivity index (χ1) is 15.0. The van der Waals surface area contributed by atoms with Crippen molar-refractivity contribution in [1.82, 2.24) is 19.9 Å². The first-order valence-corrected chi connectivity index (χ1v) is 10.1. The van der Waals surface area contributed by atoms with Crippen LogP contribution in [0.4, 0.5) is 5.82 Å². The molecule has 0 aliphatic carbocycles. The Morgan fingerprint density at radius 2 is 2.16 bits per heavy atom. The molecule has 2 N–H and O–H groups in total. The summed E-state index contributed by atoms with van der Waals surface area (Å²) in [5, 5.41) is 0. The van der Waals surface area contributed by atoms with Crippen LogP contribution >= 0.6 is 0 Å². The molecule has 3 aromatic rings. The normalized spacial score (nSPS) is 16.2. The van der Waals surface area contributed by atoms with Crippen LogP contribution in [0.5, 0.6) is 5.75 Å². The third-order valence-electron chi connectivity index (χ3n) is 5.37. The zero-order valence-electron chi connectivity index (χ0n) is 17.6. The van der Waals surface area contributed by atoms with Crippen LogP contribution < -0.4 is 10.5 Å². The highest BCUT2D eigenvalue weighted by atomic mass is 16.5. The van der Waals surface area contributed by atoms with Crippen molar-refractivity contribution in [2.24, 2.45) is 0 Å². The van der Waals surface area contributed by atoms with E-state index in [1.807, 2.05) is 36.1 Å². The monoisotopic (exact) mass is 419 g/mol. The van der Waals surface area contributed by atoms with Gasteiger partial charge in [-0.3, -0.25) is 4.79 Å². The van der Waals surface area contributed by atoms with E-state index in [9.17, 15) is 4.79 Å². The standard InChI is InChI=1S/C23H25N5O3/c1-15-9-16(3-4-19(15)30-2)10-22(29)28-7-8-31-20(13-28)23-18(12-25-14-27-23)17-5-6-26-21(24)11-17/h3-6,9,11-12,14,20H,7-8,10,13H2,1-2H3,(H2,24,26). The minimum absolute atomic E-state index is 0.0571. The first-order valence-electron chi connectivity index (χ1n) is 10.1. The fourth-order valence-corrected chi connectivity index (χ4v) is 3.81. The summed E-state index contributed by atoms with van der Waals surface area (Å²) < 4.78 is 11.3. The molecule has 8 heteroatoms. The number of carbonyl (C=O) groups is 1. The maximum absolute atomic E-state index is 13.0. The summed E-state index contributed by atoms with van der Waals surface area (Å²) in [6.45, 7) is 3.39. The lowest BCUT2D eigenvalue weighted by Gasteiger charge is -2.33. The number of aryl methyl sites for hydroxylation is 1. The molecule has 3 heterocycles. The van der Waals surface area contributed by atoms with Crippen molar-refractivity contribution in [3.8, 4) is 16.9 Å². The molecule has 0 saturated carbocycles. The predicted octanol–water partition coefficient (Wildman–Crippen LogP) is 2.58. The Kier molecular flexibility index (Phi) is 6.08. The number of aromatic nitrogens is 3. The quantitative estimate of drug-likeness (QED) is 0.678. The fraction of sp³-hybridized carbons (Fsp3) is 0.304. The molecule has 0 spiro atoms. The molecule has 8 nitrogen and oxygen atoms in total. The van der Waals surface area contributed by atoms with Gasteiger partial charge in [0, 0.05) is 24.5 Å². The average molecular weight is 419 g/mol. The molecule has 1 fully saturated rings. The van der Waals surface area contributed by atoms with Crippen LogP contribution in [0.15, 0.2) is 49.1 Å². The zero-order valence-corrected chi connectivity index (χ0v) is 17.6. The van der Waals surface area contributed by atoms with Crippen molar-refractivity contribution < 1.29 is 14.3 Å². The van der Waals surface area contributed by atoms with E-state index >= 15 is 0 Å². The van der Waals surface area contributed by atoms with Crippen LogP contribution in [-0.4, -0.2) is 52.6 Å². The summed E-state index contributed by atoms with van der Waals surface area (Å²) in [4.78, 5) is 27.5. The predicted molar refractivity (Wildman–Crippen MR) is 116 cm³/mol. The maximum atomic E-state index is 13.0. The highest BCUT2D eigenvalue weighted by Gasteiger charge is 2.28. The van der Waals surface area contributed by atoms with Crippen LogP contribution in [0.3, 0.4) is 0 Å². The van der Waals surface area contributed by atoms with Gasteiger partial charge in [0.1, 0.15) is 24.0 Å². The maximum Gasteiger partial charge on any atom is 0.227 e. The van der Waals surface area contributed by atoms with E-state index in [0.29, 0.717) is 31.9 Å². The van der Waals surface area contributed by atoms with Crippen molar-refractivity contribution in [3.63, 3.8) is 0 Å². The number of hydrogen-bond acceptors (Lipinski definition) is 7. The minimum atomic E-state index is -0.345. The second-order valence-corrected chi connectivity index (χ2v) is 7.47. The van der Waals surface area contributed by atoms with E-state index in [0.717, 1.165) is 33.7 Å². The molecule has 1 aliphatic heterocycles. The molecule has 1 aromatic carbocycles. The minimum Gasteiger partial charge on any atom is -0.496 e. The van der Waals surface area contributed by atoms with Gasteiger partial charge in [0.15, 0.2) is 0 Å². The largest absolute Gasteiger partial charge is 0.496 e. The second-order valence-electron chi connectivity index (χ2n) is 7.47. The number of anilines is 1. The van der Waals surface area contributed by atoms with Gasteiger partial charge in [-0.05, 0) is 41.8 Å². The van der Waals surface area contributed by atoms with Gasteiger partial charge in [0.2, 0.25) is 5.91 Å². The fourth-order valence-electron chi connectivity index (χ4n) is 3.81. The Morgan fingerprint density at radius 3 is 2.94 bits per heavy atom. The van der Waals surface area contributed by atoms with E-state index in [2.05, 4.69) is 15.0 Å². The Hall–Kier alpha value is -3.52. The number of benzene rings is 1. The number of nitrogens with zero attached hydrogens (tertiary/aromatic N) is 4. The van der Waals surface area contributed by atoms with E-state index in [-0.39, 0.29) is 12.0 Å². The number of pyridine rings is 1. The average Bonchev–Trinajstić information content (AvgIpc) is 2.79. The number of hydrogen-bond donors (Lipinski definition) is 1. The summed E-state index contributed by atoms with van der Waals surface area (Å²) in [5.74, 6) is 1.29. The number of methoxy groups -OCH3 is 1. The first kappa shape index (κ1) is 20.7. The molecule has 1 atom stereocenters. The van der Waals surface area contributed by atoms with Gasteiger partial charge in [-0.25, -0.2) is 15.0 Å². The van der Waals surface area contributed by atoms with Crippen molar-refractivity contribution in [1.29, 1.82) is 0 Å². The summed E-state index contributed by atoms with van der Waals surface area (Å²) in [6.07, 6.45) is 4.86. The van der Waals surface area contributed by atoms with E-state index in [1.54, 1.807) is 25.6 Å². The molecule has 1 saturated heterocycles. The van der Waals surface area contributed by atoms with Crippen LogP contribution in [0.1, 0.15) is 22.9 Å². The molecule has 0 bridgehead atoms. The van der Waals surface area contributed by atoms with Crippen LogP contribution in [-0.2, 0) is 16.0 Å². The van der Waals surface area contributed by atoms with Crippen molar-refractivity contribution in [2.45, 2.75) is 19.4 Å². The molecule has 1 aliphatic rings. The Morgan fingerprint density at radius 1 is 1.29 bits per heavy atom. The molecule has 31 heavy (non-hydrogen) atoms. The topological polar surface area (TPSA) is 103 Å². The van der Waals surface area contributed by atoms with Gasteiger partial charge in [-0.15, -0.1) is 0 Å². The summed E-state index contributed by atoms with van der Waals surface area (Å²) in [5.41, 5.74) is 10.2. The number of carbonyl (C=O) groups excluding carboxylic acids is 1. The van der Waals surface area contributed by atoms with Crippen molar-refractivity contribution >= 4 is 11.7 Å².